The highest BCUT2D eigenvalue weighted by atomic mass is 35.5. The molecular formula is C13H14ClNO4S. The summed E-state index contributed by atoms with van der Waals surface area (Å²) in [6.07, 6.45) is 2.28. The quantitative estimate of drug-likeness (QED) is 0.346. The molecule has 20 heavy (non-hydrogen) atoms. The zero-order chi connectivity index (χ0) is 14.8. The SMILES string of the molecule is COC(=O)CC1(CSc2ccc(Cl)cc2[N+](=O)[O-])CC1. The predicted molar refractivity (Wildman–Crippen MR) is 77.1 cm³/mol. The summed E-state index contributed by atoms with van der Waals surface area (Å²) >= 11 is 7.17. The lowest BCUT2D eigenvalue weighted by Crippen LogP contribution is -2.13. The molecule has 1 saturated carbocycles. The van der Waals surface area contributed by atoms with Gasteiger partial charge in [0, 0.05) is 16.8 Å². The molecule has 5 nitrogen and oxygen atoms in total. The van der Waals surface area contributed by atoms with Gasteiger partial charge in [0.2, 0.25) is 0 Å². The molecule has 2 rings (SSSR count). The summed E-state index contributed by atoms with van der Waals surface area (Å²) < 4.78 is 4.68. The van der Waals surface area contributed by atoms with Gasteiger partial charge in [-0.3, -0.25) is 14.9 Å². The number of thioether (sulfide) groups is 1. The lowest BCUT2D eigenvalue weighted by Gasteiger charge is -2.13. The molecule has 0 radical (unpaired) electrons. The number of nitro groups is 1. The predicted octanol–water partition coefficient (Wildman–Crippen LogP) is 3.68. The highest BCUT2D eigenvalue weighted by Gasteiger charge is 2.44. The van der Waals surface area contributed by atoms with Gasteiger partial charge in [-0.25, -0.2) is 0 Å². The summed E-state index contributed by atoms with van der Waals surface area (Å²) in [5.41, 5.74) is -0.0537. The zero-order valence-corrected chi connectivity index (χ0v) is 12.5. The van der Waals surface area contributed by atoms with Crippen LogP contribution < -0.4 is 0 Å². The van der Waals surface area contributed by atoms with Gasteiger partial charge in [0.1, 0.15) is 0 Å². The number of esters is 1. The molecule has 7 heteroatoms. The minimum absolute atomic E-state index is 0.0105. The van der Waals surface area contributed by atoms with E-state index in [2.05, 4.69) is 4.74 Å². The topological polar surface area (TPSA) is 69.4 Å². The molecule has 108 valence electrons. The Morgan fingerprint density at radius 1 is 1.55 bits per heavy atom. The van der Waals surface area contributed by atoms with Crippen molar-refractivity contribution >= 4 is 35.0 Å². The van der Waals surface area contributed by atoms with Crippen molar-refractivity contribution in [2.24, 2.45) is 5.41 Å². The highest BCUT2D eigenvalue weighted by molar-refractivity contribution is 7.99. The van der Waals surface area contributed by atoms with E-state index >= 15 is 0 Å². The van der Waals surface area contributed by atoms with Crippen molar-refractivity contribution in [1.29, 1.82) is 0 Å². The second kappa shape index (κ2) is 6.01. The molecule has 0 bridgehead atoms. The van der Waals surface area contributed by atoms with Crippen molar-refractivity contribution in [2.45, 2.75) is 24.2 Å². The molecule has 1 aliphatic carbocycles. The van der Waals surface area contributed by atoms with Crippen LogP contribution in [0.5, 0.6) is 0 Å². The maximum Gasteiger partial charge on any atom is 0.306 e. The Bertz CT molecular complexity index is 545. The minimum atomic E-state index is -0.436. The van der Waals surface area contributed by atoms with E-state index in [1.54, 1.807) is 12.1 Å². The Balaban J connectivity index is 2.04. The van der Waals surface area contributed by atoms with Gasteiger partial charge in [-0.1, -0.05) is 11.6 Å². The summed E-state index contributed by atoms with van der Waals surface area (Å²) in [6, 6.07) is 4.64. The van der Waals surface area contributed by atoms with Gasteiger partial charge in [-0.15, -0.1) is 11.8 Å². The first-order valence-electron chi connectivity index (χ1n) is 6.09. The standard InChI is InChI=1S/C13H14ClNO4S/c1-19-12(16)7-13(4-5-13)8-20-11-3-2-9(14)6-10(11)15(17)18/h2-3,6H,4-5,7-8H2,1H3. The average molecular weight is 316 g/mol. The molecule has 1 aliphatic rings. The lowest BCUT2D eigenvalue weighted by molar-refractivity contribution is -0.387. The fraction of sp³-hybridized carbons (Fsp3) is 0.462. The summed E-state index contributed by atoms with van der Waals surface area (Å²) in [4.78, 5) is 22.5. The van der Waals surface area contributed by atoms with Gasteiger partial charge in [0.25, 0.3) is 5.69 Å². The van der Waals surface area contributed by atoms with Gasteiger partial charge < -0.3 is 4.74 Å². The lowest BCUT2D eigenvalue weighted by atomic mass is 10.1. The second-order valence-electron chi connectivity index (χ2n) is 4.91. The van der Waals surface area contributed by atoms with Gasteiger partial charge in [0.15, 0.2) is 0 Å². The third kappa shape index (κ3) is 3.64. The Kier molecular flexibility index (Phi) is 4.55. The Labute approximate surface area is 125 Å². The molecule has 0 N–H and O–H groups in total. The van der Waals surface area contributed by atoms with Crippen molar-refractivity contribution in [3.05, 3.63) is 33.3 Å². The van der Waals surface area contributed by atoms with Crippen LogP contribution in [-0.2, 0) is 9.53 Å². The Morgan fingerprint density at radius 2 is 2.25 bits per heavy atom. The van der Waals surface area contributed by atoms with Gasteiger partial charge >= 0.3 is 5.97 Å². The Hall–Kier alpha value is -1.27. The fourth-order valence-electron chi connectivity index (χ4n) is 1.91. The van der Waals surface area contributed by atoms with Crippen LogP contribution in [0.3, 0.4) is 0 Å². The number of ether oxygens (including phenoxy) is 1. The number of benzene rings is 1. The molecular weight excluding hydrogens is 302 g/mol. The number of hydrogen-bond donors (Lipinski definition) is 0. The largest absolute Gasteiger partial charge is 0.469 e. The highest BCUT2D eigenvalue weighted by Crippen LogP contribution is 2.52. The third-order valence-electron chi connectivity index (χ3n) is 3.36. The monoisotopic (exact) mass is 315 g/mol. The van der Waals surface area contributed by atoms with Crippen LogP contribution in [0.25, 0.3) is 0 Å². The average Bonchev–Trinajstić information content (AvgIpc) is 3.17. The van der Waals surface area contributed by atoms with E-state index in [1.807, 2.05) is 0 Å². The molecule has 0 aromatic heterocycles. The number of methoxy groups -OCH3 is 1. The molecule has 0 atom stereocenters. The summed E-state index contributed by atoms with van der Waals surface area (Å²) in [5, 5.41) is 11.3. The second-order valence-corrected chi connectivity index (χ2v) is 6.36. The zero-order valence-electron chi connectivity index (χ0n) is 10.9. The number of carbonyl (C=O) groups excluding carboxylic acids is 1. The normalized spacial score (nSPS) is 15.7. The van der Waals surface area contributed by atoms with Crippen LogP contribution in [-0.4, -0.2) is 23.8 Å². The van der Waals surface area contributed by atoms with E-state index in [1.165, 1.54) is 24.9 Å². The number of nitrogens with zero attached hydrogens (tertiary/aromatic N) is 1. The molecule has 0 unspecified atom stereocenters. The van der Waals surface area contributed by atoms with Gasteiger partial charge in [-0.2, -0.15) is 0 Å². The van der Waals surface area contributed by atoms with E-state index in [-0.39, 0.29) is 17.1 Å². The van der Waals surface area contributed by atoms with Gasteiger partial charge in [-0.05, 0) is 30.4 Å². The van der Waals surface area contributed by atoms with Crippen molar-refractivity contribution in [2.75, 3.05) is 12.9 Å². The molecule has 1 aromatic rings. The molecule has 0 amide bonds. The van der Waals surface area contributed by atoms with Crippen LogP contribution in [0, 0.1) is 15.5 Å². The fourth-order valence-corrected chi connectivity index (χ4v) is 3.38. The molecule has 1 fully saturated rings. The summed E-state index contributed by atoms with van der Waals surface area (Å²) in [6.45, 7) is 0. The maximum atomic E-state index is 11.3. The number of halogens is 1. The third-order valence-corrected chi connectivity index (χ3v) is 5.00. The first-order chi connectivity index (χ1) is 9.46. The van der Waals surface area contributed by atoms with Crippen LogP contribution in [0.15, 0.2) is 23.1 Å². The molecule has 0 aliphatic heterocycles. The number of rotatable bonds is 6. The van der Waals surface area contributed by atoms with Crippen molar-refractivity contribution in [1.82, 2.24) is 0 Å². The Morgan fingerprint density at radius 3 is 2.80 bits per heavy atom. The molecule has 0 heterocycles. The molecule has 1 aromatic carbocycles. The maximum absolute atomic E-state index is 11.3. The van der Waals surface area contributed by atoms with Crippen molar-refractivity contribution in [3.8, 4) is 0 Å². The summed E-state index contributed by atoms with van der Waals surface area (Å²) in [7, 11) is 1.37. The van der Waals surface area contributed by atoms with E-state index in [9.17, 15) is 14.9 Å². The van der Waals surface area contributed by atoms with E-state index < -0.39 is 4.92 Å². The number of nitro benzene ring substituents is 1. The van der Waals surface area contributed by atoms with E-state index in [0.717, 1.165) is 12.8 Å². The van der Waals surface area contributed by atoms with Crippen LogP contribution in [0.1, 0.15) is 19.3 Å². The van der Waals surface area contributed by atoms with Crippen LogP contribution in [0.4, 0.5) is 5.69 Å². The molecule has 0 spiro atoms. The van der Waals surface area contributed by atoms with E-state index in [4.69, 9.17) is 11.6 Å². The smallest absolute Gasteiger partial charge is 0.306 e. The number of hydrogen-bond acceptors (Lipinski definition) is 5. The first kappa shape index (κ1) is 15.1. The van der Waals surface area contributed by atoms with Crippen LogP contribution in [0.2, 0.25) is 5.02 Å². The molecule has 0 saturated heterocycles. The van der Waals surface area contributed by atoms with Crippen molar-refractivity contribution in [3.63, 3.8) is 0 Å². The van der Waals surface area contributed by atoms with E-state index in [0.29, 0.717) is 22.1 Å². The minimum Gasteiger partial charge on any atom is -0.469 e. The van der Waals surface area contributed by atoms with Gasteiger partial charge in [0.05, 0.1) is 23.3 Å². The number of carbonyl (C=O) groups is 1. The summed E-state index contributed by atoms with van der Waals surface area (Å²) in [5.74, 6) is 0.443. The van der Waals surface area contributed by atoms with Crippen molar-refractivity contribution < 1.29 is 14.5 Å². The van der Waals surface area contributed by atoms with Crippen LogP contribution >= 0.6 is 23.4 Å². The first-order valence-corrected chi connectivity index (χ1v) is 7.46.